The number of rotatable bonds is 6. The quantitative estimate of drug-likeness (QED) is 0.751. The van der Waals surface area contributed by atoms with E-state index in [1.165, 1.54) is 25.3 Å². The van der Waals surface area contributed by atoms with E-state index >= 15 is 0 Å². The normalized spacial score (nSPS) is 18.3. The van der Waals surface area contributed by atoms with Gasteiger partial charge in [-0.15, -0.1) is 0 Å². The number of methoxy groups -OCH3 is 1. The molecule has 30 heavy (non-hydrogen) atoms. The molecule has 2 aliphatic heterocycles. The van der Waals surface area contributed by atoms with Gasteiger partial charge in [-0.3, -0.25) is 4.79 Å². The van der Waals surface area contributed by atoms with Gasteiger partial charge in [-0.1, -0.05) is 12.1 Å². The van der Waals surface area contributed by atoms with Gasteiger partial charge in [-0.2, -0.15) is 0 Å². The van der Waals surface area contributed by atoms with Gasteiger partial charge in [0.1, 0.15) is 18.5 Å². The molecule has 1 N–H and O–H groups in total. The fourth-order valence-electron chi connectivity index (χ4n) is 3.56. The van der Waals surface area contributed by atoms with Crippen molar-refractivity contribution in [2.75, 3.05) is 33.4 Å². The van der Waals surface area contributed by atoms with Gasteiger partial charge in [0.2, 0.25) is 10.0 Å². The Morgan fingerprint density at radius 2 is 1.90 bits per heavy atom. The van der Waals surface area contributed by atoms with Gasteiger partial charge in [-0.25, -0.2) is 13.1 Å². The molecule has 1 saturated heterocycles. The minimum absolute atomic E-state index is 0.00275. The number of carbonyl (C=O) groups excluding carboxylic acids is 1. The minimum Gasteiger partial charge on any atom is -0.496 e. The van der Waals surface area contributed by atoms with Crippen LogP contribution in [-0.2, 0) is 10.0 Å². The number of hydrogen-bond acceptors (Lipinski definition) is 6. The van der Waals surface area contributed by atoms with E-state index in [0.29, 0.717) is 30.3 Å². The zero-order chi connectivity index (χ0) is 21.1. The summed E-state index contributed by atoms with van der Waals surface area (Å²) in [5.41, 5.74) is 0.244. The number of hydrogen-bond donors (Lipinski definition) is 1. The largest absolute Gasteiger partial charge is 0.496 e. The smallest absolute Gasteiger partial charge is 0.257 e. The van der Waals surface area contributed by atoms with E-state index in [1.54, 1.807) is 17.0 Å². The molecule has 0 spiro atoms. The van der Waals surface area contributed by atoms with E-state index in [0.717, 1.165) is 12.8 Å². The first kappa shape index (κ1) is 20.5. The average molecular weight is 432 g/mol. The number of likely N-dealkylation sites (tertiary alicyclic amines) is 1. The highest BCUT2D eigenvalue weighted by Gasteiger charge is 2.27. The summed E-state index contributed by atoms with van der Waals surface area (Å²) in [6.07, 6.45) is 1.43. The molecule has 2 aliphatic rings. The molecule has 1 amide bonds. The molecule has 1 fully saturated rings. The number of benzene rings is 2. The molecular weight excluding hydrogens is 408 g/mol. The molecule has 0 saturated carbocycles. The van der Waals surface area contributed by atoms with E-state index in [9.17, 15) is 13.2 Å². The van der Waals surface area contributed by atoms with Gasteiger partial charge in [0.05, 0.1) is 24.1 Å². The lowest BCUT2D eigenvalue weighted by Crippen LogP contribution is -2.40. The van der Waals surface area contributed by atoms with Crippen LogP contribution in [0.2, 0.25) is 0 Å². The van der Waals surface area contributed by atoms with Crippen molar-refractivity contribution in [2.24, 2.45) is 0 Å². The molecule has 0 bridgehead atoms. The summed E-state index contributed by atoms with van der Waals surface area (Å²) < 4.78 is 44.9. The zero-order valence-corrected chi connectivity index (χ0v) is 17.5. The van der Waals surface area contributed by atoms with Crippen LogP contribution in [0, 0.1) is 0 Å². The molecule has 9 heteroatoms. The number of nitrogens with zero attached hydrogens (tertiary/aromatic N) is 1. The molecule has 2 aromatic rings. The van der Waals surface area contributed by atoms with Crippen LogP contribution in [-0.4, -0.2) is 58.7 Å². The van der Waals surface area contributed by atoms with Crippen molar-refractivity contribution in [1.29, 1.82) is 0 Å². The fraction of sp³-hybridized carbons (Fsp3) is 0.381. The third kappa shape index (κ3) is 4.22. The number of nitrogens with one attached hydrogen (secondary N) is 1. The van der Waals surface area contributed by atoms with E-state index in [2.05, 4.69) is 4.72 Å². The Labute approximate surface area is 175 Å². The highest BCUT2D eigenvalue weighted by Crippen LogP contribution is 2.31. The number of fused-ring (bicyclic) bond motifs is 1. The molecular formula is C21H24N2O6S. The van der Waals surface area contributed by atoms with Crippen LogP contribution < -0.4 is 18.9 Å². The Hall–Kier alpha value is -2.78. The lowest BCUT2D eigenvalue weighted by molar-refractivity contribution is 0.0789. The minimum atomic E-state index is -3.85. The monoisotopic (exact) mass is 432 g/mol. The van der Waals surface area contributed by atoms with E-state index in [-0.39, 0.29) is 29.5 Å². The fourth-order valence-corrected chi connectivity index (χ4v) is 4.65. The summed E-state index contributed by atoms with van der Waals surface area (Å²) >= 11 is 0. The number of amides is 1. The van der Waals surface area contributed by atoms with Crippen LogP contribution >= 0.6 is 0 Å². The van der Waals surface area contributed by atoms with E-state index in [1.807, 2.05) is 12.1 Å². The van der Waals surface area contributed by atoms with Gasteiger partial charge in [0.15, 0.2) is 11.5 Å². The van der Waals surface area contributed by atoms with Crippen molar-refractivity contribution in [2.45, 2.75) is 23.8 Å². The maximum absolute atomic E-state index is 12.8. The van der Waals surface area contributed by atoms with Crippen molar-refractivity contribution in [3.63, 3.8) is 0 Å². The Balaban J connectivity index is 1.48. The molecule has 0 unspecified atom stereocenters. The number of carbonyl (C=O) groups is 1. The van der Waals surface area contributed by atoms with Gasteiger partial charge in [-0.05, 0) is 43.2 Å². The Morgan fingerprint density at radius 3 is 2.63 bits per heavy atom. The second-order valence-corrected chi connectivity index (χ2v) is 8.98. The van der Waals surface area contributed by atoms with Gasteiger partial charge in [0, 0.05) is 13.1 Å². The van der Waals surface area contributed by atoms with Crippen LogP contribution in [0.5, 0.6) is 17.2 Å². The van der Waals surface area contributed by atoms with Crippen molar-refractivity contribution in [3.05, 3.63) is 48.0 Å². The SMILES string of the molecule is COc1ccc(S(=O)(=O)NC[C@H]2COc3ccccc3O2)cc1C(=O)N1CCCC1. The molecule has 0 aromatic heterocycles. The first-order valence-corrected chi connectivity index (χ1v) is 11.3. The highest BCUT2D eigenvalue weighted by atomic mass is 32.2. The van der Waals surface area contributed by atoms with Gasteiger partial charge >= 0.3 is 0 Å². The molecule has 8 nitrogen and oxygen atoms in total. The Bertz CT molecular complexity index is 1030. The maximum atomic E-state index is 12.8. The summed E-state index contributed by atoms with van der Waals surface area (Å²) in [5, 5.41) is 0. The average Bonchev–Trinajstić information content (AvgIpc) is 3.31. The third-order valence-corrected chi connectivity index (χ3v) is 6.59. The van der Waals surface area contributed by atoms with E-state index in [4.69, 9.17) is 14.2 Å². The lowest BCUT2D eigenvalue weighted by Gasteiger charge is -2.26. The molecule has 1 atom stereocenters. The third-order valence-electron chi connectivity index (χ3n) is 5.17. The maximum Gasteiger partial charge on any atom is 0.257 e. The number of sulfonamides is 1. The molecule has 160 valence electrons. The predicted octanol–water partition coefficient (Wildman–Crippen LogP) is 2.05. The second-order valence-electron chi connectivity index (χ2n) is 7.21. The van der Waals surface area contributed by atoms with Gasteiger partial charge < -0.3 is 19.1 Å². The molecule has 2 aromatic carbocycles. The standard InChI is InChI=1S/C21H24N2O6S/c1-27-18-9-8-16(12-17(18)21(24)23-10-4-5-11-23)30(25,26)22-13-15-14-28-19-6-2-3-7-20(19)29-15/h2-3,6-9,12,15,22H,4-5,10-11,13-14H2,1H3/t15-/m0/s1. The molecule has 0 radical (unpaired) electrons. The summed E-state index contributed by atoms with van der Waals surface area (Å²) in [6.45, 7) is 1.61. The second kappa shape index (κ2) is 8.53. The Morgan fingerprint density at radius 1 is 1.17 bits per heavy atom. The Kier molecular flexibility index (Phi) is 5.83. The van der Waals surface area contributed by atoms with Gasteiger partial charge in [0.25, 0.3) is 5.91 Å². The molecule has 2 heterocycles. The zero-order valence-electron chi connectivity index (χ0n) is 16.7. The first-order chi connectivity index (χ1) is 14.5. The topological polar surface area (TPSA) is 94.2 Å². The summed E-state index contributed by atoms with van der Waals surface area (Å²) in [5.74, 6) is 1.35. The first-order valence-electron chi connectivity index (χ1n) is 9.83. The summed E-state index contributed by atoms with van der Waals surface area (Å²) in [7, 11) is -2.39. The predicted molar refractivity (Wildman–Crippen MR) is 110 cm³/mol. The van der Waals surface area contributed by atoms with E-state index < -0.39 is 16.1 Å². The van der Waals surface area contributed by atoms with Crippen LogP contribution in [0.1, 0.15) is 23.2 Å². The number of ether oxygens (including phenoxy) is 3. The molecule has 0 aliphatic carbocycles. The van der Waals surface area contributed by atoms with Crippen molar-refractivity contribution in [3.8, 4) is 17.2 Å². The van der Waals surface area contributed by atoms with Crippen LogP contribution in [0.4, 0.5) is 0 Å². The lowest BCUT2D eigenvalue weighted by atomic mass is 10.1. The summed E-state index contributed by atoms with van der Waals surface area (Å²) in [6, 6.07) is 11.5. The molecule has 4 rings (SSSR count). The van der Waals surface area contributed by atoms with Crippen molar-refractivity contribution in [1.82, 2.24) is 9.62 Å². The highest BCUT2D eigenvalue weighted by molar-refractivity contribution is 7.89. The summed E-state index contributed by atoms with van der Waals surface area (Å²) in [4.78, 5) is 14.5. The van der Waals surface area contributed by atoms with Crippen LogP contribution in [0.25, 0.3) is 0 Å². The van der Waals surface area contributed by atoms with Crippen LogP contribution in [0.3, 0.4) is 0 Å². The number of para-hydroxylation sites is 2. The van der Waals surface area contributed by atoms with Crippen molar-refractivity contribution < 1.29 is 27.4 Å². The van der Waals surface area contributed by atoms with Crippen LogP contribution in [0.15, 0.2) is 47.4 Å². The van der Waals surface area contributed by atoms with Crippen molar-refractivity contribution >= 4 is 15.9 Å².